The van der Waals surface area contributed by atoms with Gasteiger partial charge in [-0.3, -0.25) is 0 Å². The summed E-state index contributed by atoms with van der Waals surface area (Å²) < 4.78 is 4.82. The van der Waals surface area contributed by atoms with Gasteiger partial charge < -0.3 is 4.74 Å². The molecule has 0 unspecified atom stereocenters. The third-order valence-corrected chi connectivity index (χ3v) is 8.13. The van der Waals surface area contributed by atoms with Gasteiger partial charge in [-0.15, -0.1) is 0 Å². The van der Waals surface area contributed by atoms with Crippen molar-refractivity contribution in [1.82, 2.24) is 5.09 Å². The van der Waals surface area contributed by atoms with Gasteiger partial charge in [-0.2, -0.15) is 6.42 Å². The van der Waals surface area contributed by atoms with E-state index in [0.717, 1.165) is 30.1 Å². The molecule has 34 heavy (non-hydrogen) atoms. The number of ether oxygens (including phenoxy) is 1. The Morgan fingerprint density at radius 1 is 1.00 bits per heavy atom. The van der Waals surface area contributed by atoms with E-state index in [4.69, 9.17) is 39.9 Å². The average Bonchev–Trinajstić information content (AvgIpc) is 3.32. The summed E-state index contributed by atoms with van der Waals surface area (Å²) in [6.45, 7) is 18.5. The van der Waals surface area contributed by atoms with Crippen molar-refractivity contribution in [2.45, 2.75) is 72.6 Å². The van der Waals surface area contributed by atoms with Gasteiger partial charge in [-0.05, 0) is 59.6 Å². The summed E-state index contributed by atoms with van der Waals surface area (Å²) >= 11 is -1.62. The maximum atomic E-state index is 5.10. The van der Waals surface area contributed by atoms with Crippen molar-refractivity contribution in [3.05, 3.63) is 71.3 Å². The summed E-state index contributed by atoms with van der Waals surface area (Å²) in [6, 6.07) is 14.9. The van der Waals surface area contributed by atoms with E-state index in [9.17, 15) is 0 Å². The molecular weight excluding hydrogens is 546 g/mol. The molecular formula is C26H39Cl3CrN2OP+. The SMILES string of the molecule is Cc1cc(C)c(N=C(N[PH+](C(C)C)C(C)C)c2ccccc2)c(C)c1.[CH-]1CCCO1.[Cl][Cr+]([Cl])[Cl]. The van der Waals surface area contributed by atoms with Gasteiger partial charge in [0.1, 0.15) is 0 Å². The van der Waals surface area contributed by atoms with E-state index in [0.29, 0.717) is 11.3 Å². The molecule has 1 aliphatic heterocycles. The molecule has 0 aromatic heterocycles. The number of amidine groups is 1. The molecule has 3 rings (SSSR count). The van der Waals surface area contributed by atoms with Crippen LogP contribution >= 0.6 is 38.2 Å². The van der Waals surface area contributed by atoms with Crippen LogP contribution < -0.4 is 5.09 Å². The fourth-order valence-corrected chi connectivity index (χ4v) is 6.11. The molecule has 1 heterocycles. The molecule has 0 bridgehead atoms. The molecule has 1 fully saturated rings. The van der Waals surface area contributed by atoms with Crippen molar-refractivity contribution in [2.75, 3.05) is 6.61 Å². The quantitative estimate of drug-likeness (QED) is 0.164. The zero-order chi connectivity index (χ0) is 25.7. The summed E-state index contributed by atoms with van der Waals surface area (Å²) in [6.07, 6.45) is 2.38. The number of aryl methyl sites for hydroxylation is 3. The van der Waals surface area contributed by atoms with Gasteiger partial charge in [0.15, 0.2) is 5.84 Å². The van der Waals surface area contributed by atoms with E-state index in [2.05, 4.69) is 96.0 Å². The Morgan fingerprint density at radius 2 is 1.53 bits per heavy atom. The van der Waals surface area contributed by atoms with Crippen LogP contribution in [-0.2, 0) is 16.1 Å². The first-order valence-corrected chi connectivity index (χ1v) is 18.5. The Morgan fingerprint density at radius 3 is 1.91 bits per heavy atom. The topological polar surface area (TPSA) is 33.6 Å². The van der Waals surface area contributed by atoms with Crippen molar-refractivity contribution in [3.63, 3.8) is 0 Å². The van der Waals surface area contributed by atoms with Gasteiger partial charge in [0.25, 0.3) is 0 Å². The van der Waals surface area contributed by atoms with Crippen LogP contribution in [-0.4, -0.2) is 23.8 Å². The average molecular weight is 585 g/mol. The van der Waals surface area contributed by atoms with Crippen LogP contribution in [0.2, 0.25) is 0 Å². The van der Waals surface area contributed by atoms with Gasteiger partial charge in [-0.25, -0.2) is 16.7 Å². The first-order chi connectivity index (χ1) is 16.0. The molecule has 0 aliphatic carbocycles. The van der Waals surface area contributed by atoms with Crippen LogP contribution in [0.25, 0.3) is 0 Å². The molecule has 1 saturated heterocycles. The number of nitrogens with zero attached hydrogens (tertiary/aromatic N) is 1. The monoisotopic (exact) mass is 583 g/mol. The van der Waals surface area contributed by atoms with E-state index in [-0.39, 0.29) is 0 Å². The van der Waals surface area contributed by atoms with Crippen molar-refractivity contribution in [3.8, 4) is 0 Å². The first kappa shape index (κ1) is 31.7. The summed E-state index contributed by atoms with van der Waals surface area (Å²) in [7, 11) is 14.0. The van der Waals surface area contributed by atoms with E-state index in [1.165, 1.54) is 23.1 Å². The molecule has 0 radical (unpaired) electrons. The molecule has 190 valence electrons. The van der Waals surface area contributed by atoms with E-state index < -0.39 is 19.5 Å². The maximum absolute atomic E-state index is 5.10. The summed E-state index contributed by atoms with van der Waals surface area (Å²) in [4.78, 5) is 5.10. The first-order valence-electron chi connectivity index (χ1n) is 11.5. The molecule has 0 amide bonds. The Hall–Kier alpha value is -0.298. The number of aliphatic imine (C=N–C) groups is 1. The Labute approximate surface area is 225 Å². The van der Waals surface area contributed by atoms with E-state index >= 15 is 0 Å². The Kier molecular flexibility index (Phi) is 16.1. The number of benzene rings is 2. The number of hydrogen-bond donors (Lipinski definition) is 1. The van der Waals surface area contributed by atoms with Gasteiger partial charge in [0.2, 0.25) is 0 Å². The summed E-state index contributed by atoms with van der Waals surface area (Å²) in [5.74, 6) is 1.01. The molecule has 2 aromatic carbocycles. The Bertz CT molecular complexity index is 834. The number of halogens is 3. The van der Waals surface area contributed by atoms with Crippen LogP contribution in [0.15, 0.2) is 47.5 Å². The second-order valence-corrected chi connectivity index (χ2v) is 18.6. The van der Waals surface area contributed by atoms with Crippen LogP contribution in [0, 0.1) is 27.4 Å². The van der Waals surface area contributed by atoms with Crippen molar-refractivity contribution < 1.29 is 16.1 Å². The minimum absolute atomic E-state index is 0.638. The van der Waals surface area contributed by atoms with E-state index in [1.807, 2.05) is 6.61 Å². The summed E-state index contributed by atoms with van der Waals surface area (Å²) in [5.41, 5.74) is 7.28. The third kappa shape index (κ3) is 12.6. The van der Waals surface area contributed by atoms with Gasteiger partial charge in [0.05, 0.1) is 25.1 Å². The molecule has 0 spiro atoms. The molecule has 1 N–H and O–H groups in total. The molecule has 0 saturated carbocycles. The predicted molar refractivity (Wildman–Crippen MR) is 152 cm³/mol. The zero-order valence-electron chi connectivity index (χ0n) is 21.3. The standard InChI is InChI=1S/C22H31N2P.C4H7O.3ClH.Cr/c1-15(2)25(16(3)4)24-22(20-11-9-8-10-12-20)23-21-18(6)13-17(5)14-19(21)7;1-2-4-5-3-1;;;;/h8-16H,1-7H3,(H,23,24);3H,1-2,4H2;3*1H;/q;-1;;;;+4/p-2. The fourth-order valence-electron chi connectivity index (χ4n) is 3.73. The van der Waals surface area contributed by atoms with Crippen molar-refractivity contribution in [2.24, 2.45) is 4.99 Å². The van der Waals surface area contributed by atoms with Crippen LogP contribution in [0.4, 0.5) is 5.69 Å². The molecule has 2 aromatic rings. The molecule has 8 heteroatoms. The number of rotatable bonds is 5. The summed E-state index contributed by atoms with van der Waals surface area (Å²) in [5, 5.41) is 3.84. The fraction of sp³-hybridized carbons (Fsp3) is 0.462. The van der Waals surface area contributed by atoms with Crippen LogP contribution in [0.5, 0.6) is 0 Å². The second-order valence-electron chi connectivity index (χ2n) is 8.82. The van der Waals surface area contributed by atoms with Gasteiger partial charge >= 0.3 is 41.5 Å². The third-order valence-electron chi connectivity index (χ3n) is 5.12. The predicted octanol–water partition coefficient (Wildman–Crippen LogP) is 9.25. The van der Waals surface area contributed by atoms with Gasteiger partial charge in [-0.1, -0.05) is 54.4 Å². The minimum atomic E-state index is -1.62. The van der Waals surface area contributed by atoms with E-state index in [1.54, 1.807) is 0 Å². The van der Waals surface area contributed by atoms with Crippen molar-refractivity contribution >= 4 is 49.7 Å². The molecule has 3 nitrogen and oxygen atoms in total. The zero-order valence-corrected chi connectivity index (χ0v) is 25.8. The number of nitrogens with one attached hydrogen (secondary N) is 1. The Balaban J connectivity index is 0.000000537. The second kappa shape index (κ2) is 17.2. The van der Waals surface area contributed by atoms with Crippen molar-refractivity contribution in [1.29, 1.82) is 0 Å². The molecule has 1 aliphatic rings. The number of hydrogen-bond acceptors (Lipinski definition) is 2. The van der Waals surface area contributed by atoms with Crippen LogP contribution in [0.3, 0.4) is 0 Å². The normalized spacial score (nSPS) is 13.6. The van der Waals surface area contributed by atoms with Gasteiger partial charge in [0, 0.05) is 12.2 Å². The molecule has 0 atom stereocenters. The van der Waals surface area contributed by atoms with Crippen LogP contribution in [0.1, 0.15) is 62.8 Å².